The second-order valence-electron chi connectivity index (χ2n) is 13.2. The highest BCUT2D eigenvalue weighted by Gasteiger charge is 2.54. The molecule has 3 fully saturated rings. The molecule has 248 valence electrons. The second kappa shape index (κ2) is 12.6. The Hall–Kier alpha value is -3.16. The monoisotopic (exact) mass is 653 g/mol. The Bertz CT molecular complexity index is 1380. The summed E-state index contributed by atoms with van der Waals surface area (Å²) >= 11 is 6.69. The van der Waals surface area contributed by atoms with Crippen molar-refractivity contribution in [2.45, 2.75) is 70.4 Å². The molecule has 0 aromatic heterocycles. The van der Waals surface area contributed by atoms with Crippen molar-refractivity contribution in [3.63, 3.8) is 0 Å². The number of likely N-dealkylation sites (tertiary alicyclic amines) is 1. The lowest BCUT2D eigenvalue weighted by Crippen LogP contribution is -2.54. The summed E-state index contributed by atoms with van der Waals surface area (Å²) in [7, 11) is 2.53. The summed E-state index contributed by atoms with van der Waals surface area (Å²) in [5.41, 5.74) is 5.21. The molecular weight excluding hydrogens is 612 g/mol. The fourth-order valence-electron chi connectivity index (χ4n) is 7.32. The Balaban J connectivity index is 1.55. The molecule has 3 unspecified atom stereocenters. The molecule has 1 aromatic carbocycles. The number of carbonyl (C=O) groups excluding carboxylic acids is 3. The van der Waals surface area contributed by atoms with E-state index in [1.807, 2.05) is 0 Å². The number of fused-ring (bicyclic) bond motifs is 1. The van der Waals surface area contributed by atoms with Crippen LogP contribution in [0.25, 0.3) is 0 Å². The van der Waals surface area contributed by atoms with Crippen molar-refractivity contribution < 1.29 is 37.7 Å². The zero-order valence-corrected chi connectivity index (χ0v) is 26.6. The molecule has 2 aliphatic heterocycles. The predicted octanol–water partition coefficient (Wildman–Crippen LogP) is 2.74. The van der Waals surface area contributed by atoms with Crippen molar-refractivity contribution in [1.82, 2.24) is 14.8 Å². The maximum Gasteiger partial charge on any atom is 0.312 e. The van der Waals surface area contributed by atoms with Crippen LogP contribution in [-0.4, -0.2) is 90.6 Å². The number of methoxy groups -OCH3 is 1. The smallest absolute Gasteiger partial charge is 0.312 e. The molecule has 2 amide bonds. The second-order valence-corrected chi connectivity index (χ2v) is 13.6. The van der Waals surface area contributed by atoms with E-state index in [9.17, 15) is 28.3 Å². The summed E-state index contributed by atoms with van der Waals surface area (Å²) in [5.74, 6) is 4.10. The molecule has 5 N–H and O–H groups in total. The quantitative estimate of drug-likeness (QED) is 0.208. The van der Waals surface area contributed by atoms with Gasteiger partial charge in [0.1, 0.15) is 18.1 Å². The molecule has 4 aliphatic rings. The number of esters is 1. The summed E-state index contributed by atoms with van der Waals surface area (Å²) in [5, 5.41) is 11.8. The van der Waals surface area contributed by atoms with E-state index in [1.165, 1.54) is 14.2 Å². The molecule has 1 saturated heterocycles. The van der Waals surface area contributed by atoms with Gasteiger partial charge in [-0.3, -0.25) is 14.4 Å². The number of amides is 2. The Labute approximate surface area is 266 Å². The van der Waals surface area contributed by atoms with E-state index < -0.39 is 48.2 Å². The van der Waals surface area contributed by atoms with Crippen molar-refractivity contribution in [1.29, 1.82) is 0 Å². The molecule has 0 radical (unpaired) electrons. The van der Waals surface area contributed by atoms with Gasteiger partial charge in [-0.15, -0.1) is 0 Å². The molecule has 2 heterocycles. The number of aliphatic hydroxyl groups excluding tert-OH is 1. The third-order valence-corrected chi connectivity index (χ3v) is 10.5. The number of hydrogen-bond donors (Lipinski definition) is 3. The van der Waals surface area contributed by atoms with Crippen LogP contribution in [0.1, 0.15) is 62.6 Å². The topological polar surface area (TPSA) is 152 Å². The van der Waals surface area contributed by atoms with Crippen LogP contribution >= 0.6 is 11.6 Å². The highest BCUT2D eigenvalue weighted by Crippen LogP contribution is 2.54. The summed E-state index contributed by atoms with van der Waals surface area (Å²) in [4.78, 5) is 44.2. The first-order valence-electron chi connectivity index (χ1n) is 15.2. The van der Waals surface area contributed by atoms with Gasteiger partial charge in [-0.05, 0) is 68.6 Å². The molecule has 1 spiro atoms. The van der Waals surface area contributed by atoms with Gasteiger partial charge < -0.3 is 35.1 Å². The van der Waals surface area contributed by atoms with Crippen LogP contribution in [0.3, 0.4) is 0 Å². The number of alkyl halides is 2. The van der Waals surface area contributed by atoms with Crippen LogP contribution in [0.5, 0.6) is 5.75 Å². The van der Waals surface area contributed by atoms with Gasteiger partial charge in [-0.1, -0.05) is 11.6 Å². The van der Waals surface area contributed by atoms with Crippen molar-refractivity contribution >= 4 is 29.4 Å². The number of ether oxygens (including phenoxy) is 2. The highest BCUT2D eigenvalue weighted by atomic mass is 35.5. The zero-order chi connectivity index (χ0) is 32.8. The van der Waals surface area contributed by atoms with Gasteiger partial charge in [0.25, 0.3) is 6.43 Å². The van der Waals surface area contributed by atoms with Crippen molar-refractivity contribution in [3.05, 3.63) is 39.7 Å². The number of nitrogens with two attached hydrogens (primary N) is 2. The molecule has 5 rings (SSSR count). The first-order valence-corrected chi connectivity index (χ1v) is 15.6. The Morgan fingerprint density at radius 3 is 2.58 bits per heavy atom. The first kappa shape index (κ1) is 33.2. The number of nitrogens with zero attached hydrogens (tertiary/aromatic N) is 3. The fourth-order valence-corrected chi connectivity index (χ4v) is 7.58. The van der Waals surface area contributed by atoms with Gasteiger partial charge in [-0.25, -0.2) is 14.6 Å². The van der Waals surface area contributed by atoms with Crippen molar-refractivity contribution in [2.75, 3.05) is 40.4 Å². The molecule has 45 heavy (non-hydrogen) atoms. The number of hydrogen-bond acceptors (Lipinski definition) is 9. The standard InChI is InChI=1S/C31H42ClF2N5O6/c1-30(29(43)44-3)8-6-17(40)12-19(30)28(42)39-11-7-18-20(32)4-5-23(45-15-21(35)26(27(33)34)37(2)36)25(18)22(39)14-38-16-31(9-10-31)13-24(38)41/h4-5,17,19,22,27,40H,6-16,35-36H2,1-3H3/b26-21-/t17?,19?,22?,30-/m0/s1. The van der Waals surface area contributed by atoms with Gasteiger partial charge in [-0.2, -0.15) is 0 Å². The highest BCUT2D eigenvalue weighted by molar-refractivity contribution is 6.31. The molecule has 1 aromatic rings. The molecule has 0 bridgehead atoms. The van der Waals surface area contributed by atoms with Gasteiger partial charge in [0, 0.05) is 43.7 Å². The SMILES string of the molecule is COC(=O)[C@@]1(C)CCC(O)CC1C(=O)N1CCc2c(Cl)ccc(OC/C(N)=C(\C(F)F)N(C)N)c2C1CN1CC2(CC2)CC1=O. The average Bonchev–Trinajstić information content (AvgIpc) is 3.67. The Morgan fingerprint density at radius 1 is 1.27 bits per heavy atom. The van der Waals surface area contributed by atoms with Crippen LogP contribution in [0.2, 0.25) is 5.02 Å². The van der Waals surface area contributed by atoms with E-state index in [0.29, 0.717) is 42.0 Å². The van der Waals surface area contributed by atoms with E-state index >= 15 is 0 Å². The van der Waals surface area contributed by atoms with Gasteiger partial charge in [0.2, 0.25) is 11.8 Å². The van der Waals surface area contributed by atoms with Crippen LogP contribution in [-0.2, 0) is 25.5 Å². The van der Waals surface area contributed by atoms with Crippen molar-refractivity contribution in [2.24, 2.45) is 28.3 Å². The molecule has 4 atom stereocenters. The summed E-state index contributed by atoms with van der Waals surface area (Å²) in [6.45, 7) is 2.23. The molecule has 2 aliphatic carbocycles. The Morgan fingerprint density at radius 2 is 1.98 bits per heavy atom. The maximum absolute atomic E-state index is 14.6. The lowest BCUT2D eigenvalue weighted by molar-refractivity contribution is -0.168. The van der Waals surface area contributed by atoms with Crippen LogP contribution in [0.15, 0.2) is 23.5 Å². The fraction of sp³-hybridized carbons (Fsp3) is 0.645. The van der Waals surface area contributed by atoms with E-state index in [0.717, 1.165) is 17.9 Å². The van der Waals surface area contributed by atoms with Crippen LogP contribution in [0, 0.1) is 16.7 Å². The number of hydrazine groups is 1. The van der Waals surface area contributed by atoms with E-state index in [-0.39, 0.29) is 54.6 Å². The average molecular weight is 654 g/mol. The minimum absolute atomic E-state index is 0.0104. The third-order valence-electron chi connectivity index (χ3n) is 10.1. The summed E-state index contributed by atoms with van der Waals surface area (Å²) in [6.07, 6.45) is -0.289. The number of rotatable bonds is 9. The van der Waals surface area contributed by atoms with Crippen LogP contribution in [0.4, 0.5) is 8.78 Å². The number of halogens is 3. The summed E-state index contributed by atoms with van der Waals surface area (Å²) < 4.78 is 38.5. The minimum atomic E-state index is -2.94. The zero-order valence-electron chi connectivity index (χ0n) is 25.9. The molecule has 14 heteroatoms. The molecule has 2 saturated carbocycles. The van der Waals surface area contributed by atoms with Gasteiger partial charge in [0.15, 0.2) is 0 Å². The maximum atomic E-state index is 14.6. The number of benzene rings is 1. The van der Waals surface area contributed by atoms with Gasteiger partial charge >= 0.3 is 5.97 Å². The number of aliphatic hydroxyl groups is 1. The van der Waals surface area contributed by atoms with Crippen LogP contribution < -0.4 is 16.3 Å². The first-order chi connectivity index (χ1) is 21.2. The predicted molar refractivity (Wildman–Crippen MR) is 161 cm³/mol. The molecule has 11 nitrogen and oxygen atoms in total. The van der Waals surface area contributed by atoms with Crippen molar-refractivity contribution in [3.8, 4) is 5.75 Å². The summed E-state index contributed by atoms with van der Waals surface area (Å²) in [6, 6.07) is 2.51. The third kappa shape index (κ3) is 6.31. The normalized spacial score (nSPS) is 27.8. The lowest BCUT2D eigenvalue weighted by atomic mass is 9.65. The minimum Gasteiger partial charge on any atom is -0.487 e. The Kier molecular flexibility index (Phi) is 9.27. The number of allylic oxidation sites excluding steroid dienone is 1. The largest absolute Gasteiger partial charge is 0.487 e. The number of carbonyl (C=O) groups is 3. The van der Waals surface area contributed by atoms with E-state index in [2.05, 4.69) is 0 Å². The van der Waals surface area contributed by atoms with E-state index in [1.54, 1.807) is 28.9 Å². The molecular formula is C31H42ClF2N5O6. The van der Waals surface area contributed by atoms with Gasteiger partial charge in [0.05, 0.1) is 36.3 Å². The lowest BCUT2D eigenvalue weighted by Gasteiger charge is -2.46. The van der Waals surface area contributed by atoms with E-state index in [4.69, 9.17) is 32.7 Å².